The first-order valence-corrected chi connectivity index (χ1v) is 9.02. The number of hydrogen-bond donors (Lipinski definition) is 2. The molecule has 27 heavy (non-hydrogen) atoms. The molecule has 0 spiro atoms. The van der Waals surface area contributed by atoms with Crippen molar-refractivity contribution < 1.29 is 14.3 Å². The molecular formula is C21H27N3O3. The minimum atomic E-state index is -0.536. The summed E-state index contributed by atoms with van der Waals surface area (Å²) >= 11 is 0. The molecule has 144 valence electrons. The predicted octanol–water partition coefficient (Wildman–Crippen LogP) is 3.16. The van der Waals surface area contributed by atoms with Gasteiger partial charge in [0.15, 0.2) is 0 Å². The summed E-state index contributed by atoms with van der Waals surface area (Å²) < 4.78 is 4.85. The Labute approximate surface area is 160 Å². The molecule has 2 N–H and O–H groups in total. The third-order valence-corrected chi connectivity index (χ3v) is 4.19. The minimum Gasteiger partial charge on any atom is -0.450 e. The zero-order valence-electron chi connectivity index (χ0n) is 16.1. The highest BCUT2D eigenvalue weighted by molar-refractivity contribution is 5.96. The zero-order valence-corrected chi connectivity index (χ0v) is 16.1. The van der Waals surface area contributed by atoms with E-state index in [1.807, 2.05) is 32.3 Å². The molecule has 2 aromatic carbocycles. The lowest BCUT2D eigenvalue weighted by Crippen LogP contribution is -2.41. The zero-order chi connectivity index (χ0) is 19.6. The number of anilines is 1. The number of carbonyl (C=O) groups excluding carboxylic acids is 2. The van der Waals surface area contributed by atoms with Crippen LogP contribution >= 0.6 is 0 Å². The number of rotatable bonds is 8. The SMILES string of the molecule is CCOC(=O)Nc1cccc(C(=O)NC[C@H](Cc2ccccc2)N(C)C)c1. The number of hydrogen-bond acceptors (Lipinski definition) is 4. The van der Waals surface area contributed by atoms with Crippen LogP contribution in [0, 0.1) is 0 Å². The van der Waals surface area contributed by atoms with Crippen molar-refractivity contribution in [3.63, 3.8) is 0 Å². The van der Waals surface area contributed by atoms with Crippen molar-refractivity contribution in [3.05, 3.63) is 65.7 Å². The summed E-state index contributed by atoms with van der Waals surface area (Å²) in [4.78, 5) is 26.1. The number of benzene rings is 2. The highest BCUT2D eigenvalue weighted by Crippen LogP contribution is 2.12. The summed E-state index contributed by atoms with van der Waals surface area (Å²) in [6.07, 6.45) is 0.309. The maximum Gasteiger partial charge on any atom is 0.411 e. The second-order valence-electron chi connectivity index (χ2n) is 6.44. The standard InChI is InChI=1S/C21H27N3O3/c1-4-27-21(26)23-18-12-8-11-17(14-18)20(25)22-15-19(24(2)3)13-16-9-6-5-7-10-16/h5-12,14,19H,4,13,15H2,1-3H3,(H,22,25)(H,23,26)/t19-/m0/s1. The molecule has 0 saturated carbocycles. The molecule has 0 aliphatic carbocycles. The van der Waals surface area contributed by atoms with E-state index in [0.29, 0.717) is 24.4 Å². The Kier molecular flexibility index (Phi) is 7.82. The van der Waals surface area contributed by atoms with Crippen LogP contribution < -0.4 is 10.6 Å². The maximum atomic E-state index is 12.5. The minimum absolute atomic E-state index is 0.178. The van der Waals surface area contributed by atoms with Crippen LogP contribution in [0.2, 0.25) is 0 Å². The van der Waals surface area contributed by atoms with Gasteiger partial charge in [-0.25, -0.2) is 4.79 Å². The van der Waals surface area contributed by atoms with E-state index < -0.39 is 6.09 Å². The smallest absolute Gasteiger partial charge is 0.411 e. The van der Waals surface area contributed by atoms with Crippen LogP contribution in [0.25, 0.3) is 0 Å². The number of nitrogens with zero attached hydrogens (tertiary/aromatic N) is 1. The summed E-state index contributed by atoms with van der Waals surface area (Å²) in [5, 5.41) is 5.59. The number of amides is 2. The van der Waals surface area contributed by atoms with Gasteiger partial charge in [0.05, 0.1) is 6.61 Å². The Hall–Kier alpha value is -2.86. The van der Waals surface area contributed by atoms with Crippen LogP contribution in [-0.2, 0) is 11.2 Å². The Bertz CT molecular complexity index is 747. The van der Waals surface area contributed by atoms with Crippen molar-refractivity contribution in [3.8, 4) is 0 Å². The topological polar surface area (TPSA) is 70.7 Å². The molecule has 6 nitrogen and oxygen atoms in total. The van der Waals surface area contributed by atoms with Gasteiger partial charge in [0, 0.05) is 23.8 Å². The van der Waals surface area contributed by atoms with Crippen LogP contribution in [0.4, 0.5) is 10.5 Å². The Morgan fingerprint density at radius 2 is 1.81 bits per heavy atom. The van der Waals surface area contributed by atoms with E-state index in [4.69, 9.17) is 4.74 Å². The van der Waals surface area contributed by atoms with Crippen LogP contribution in [-0.4, -0.2) is 50.2 Å². The van der Waals surface area contributed by atoms with E-state index >= 15 is 0 Å². The van der Waals surface area contributed by atoms with Gasteiger partial charge in [-0.15, -0.1) is 0 Å². The molecule has 0 fully saturated rings. The van der Waals surface area contributed by atoms with Crippen LogP contribution in [0.3, 0.4) is 0 Å². The third kappa shape index (κ3) is 6.75. The highest BCUT2D eigenvalue weighted by Gasteiger charge is 2.15. The number of ether oxygens (including phenoxy) is 1. The molecule has 0 aliphatic heterocycles. The van der Waals surface area contributed by atoms with Crippen LogP contribution in [0.15, 0.2) is 54.6 Å². The normalized spacial score (nSPS) is 11.7. The summed E-state index contributed by atoms with van der Waals surface area (Å²) in [7, 11) is 4.01. The fourth-order valence-electron chi connectivity index (χ4n) is 2.66. The van der Waals surface area contributed by atoms with Gasteiger partial charge in [0.2, 0.25) is 0 Å². The van der Waals surface area contributed by atoms with Crippen LogP contribution in [0.1, 0.15) is 22.8 Å². The molecule has 0 aliphatic rings. The molecule has 6 heteroatoms. The van der Waals surface area contributed by atoms with Crippen molar-refractivity contribution in [1.29, 1.82) is 0 Å². The number of nitrogens with one attached hydrogen (secondary N) is 2. The van der Waals surface area contributed by atoms with Crippen molar-refractivity contribution >= 4 is 17.7 Å². The first-order chi connectivity index (χ1) is 13.0. The largest absolute Gasteiger partial charge is 0.450 e. The highest BCUT2D eigenvalue weighted by atomic mass is 16.5. The van der Waals surface area contributed by atoms with E-state index in [1.54, 1.807) is 31.2 Å². The van der Waals surface area contributed by atoms with E-state index in [9.17, 15) is 9.59 Å². The second kappa shape index (κ2) is 10.3. The third-order valence-electron chi connectivity index (χ3n) is 4.19. The summed E-state index contributed by atoms with van der Waals surface area (Å²) in [6.45, 7) is 2.55. The molecule has 2 amide bonds. The summed E-state index contributed by atoms with van der Waals surface area (Å²) in [5.74, 6) is -0.178. The van der Waals surface area contributed by atoms with Crippen molar-refractivity contribution in [1.82, 2.24) is 10.2 Å². The molecular weight excluding hydrogens is 342 g/mol. The lowest BCUT2D eigenvalue weighted by molar-refractivity contribution is 0.0941. The average molecular weight is 369 g/mol. The van der Waals surface area contributed by atoms with E-state index in [0.717, 1.165) is 6.42 Å². The number of carbonyl (C=O) groups is 2. The molecule has 0 unspecified atom stereocenters. The van der Waals surface area contributed by atoms with Gasteiger partial charge in [-0.3, -0.25) is 10.1 Å². The fourth-order valence-corrected chi connectivity index (χ4v) is 2.66. The van der Waals surface area contributed by atoms with Crippen LogP contribution in [0.5, 0.6) is 0 Å². The number of likely N-dealkylation sites (N-methyl/N-ethyl adjacent to an activating group) is 1. The first-order valence-electron chi connectivity index (χ1n) is 9.02. The summed E-state index contributed by atoms with van der Waals surface area (Å²) in [5.41, 5.74) is 2.24. The van der Waals surface area contributed by atoms with Gasteiger partial charge in [-0.1, -0.05) is 36.4 Å². The van der Waals surface area contributed by atoms with Gasteiger partial charge < -0.3 is 15.0 Å². The van der Waals surface area contributed by atoms with Crippen molar-refractivity contribution in [2.45, 2.75) is 19.4 Å². The molecule has 1 atom stereocenters. The lowest BCUT2D eigenvalue weighted by atomic mass is 10.0. The summed E-state index contributed by atoms with van der Waals surface area (Å²) in [6, 6.07) is 17.2. The van der Waals surface area contributed by atoms with E-state index in [-0.39, 0.29) is 11.9 Å². The average Bonchev–Trinajstić information content (AvgIpc) is 2.65. The van der Waals surface area contributed by atoms with Gasteiger partial charge in [0.1, 0.15) is 0 Å². The molecule has 0 aromatic heterocycles. The quantitative estimate of drug-likeness (QED) is 0.750. The maximum absolute atomic E-state index is 12.5. The van der Waals surface area contributed by atoms with Crippen molar-refractivity contribution in [2.75, 3.05) is 32.6 Å². The first kappa shape index (κ1) is 20.5. The molecule has 0 radical (unpaired) electrons. The monoisotopic (exact) mass is 369 g/mol. The van der Waals surface area contributed by atoms with Gasteiger partial charge in [-0.05, 0) is 51.2 Å². The fraction of sp³-hybridized carbons (Fsp3) is 0.333. The predicted molar refractivity (Wildman–Crippen MR) is 107 cm³/mol. The Balaban J connectivity index is 1.96. The Morgan fingerprint density at radius 3 is 2.48 bits per heavy atom. The van der Waals surface area contributed by atoms with E-state index in [1.165, 1.54) is 5.56 Å². The lowest BCUT2D eigenvalue weighted by Gasteiger charge is -2.25. The molecule has 0 saturated heterocycles. The molecule has 2 aromatic rings. The van der Waals surface area contributed by atoms with Gasteiger partial charge in [-0.2, -0.15) is 0 Å². The van der Waals surface area contributed by atoms with Gasteiger partial charge in [0.25, 0.3) is 5.91 Å². The van der Waals surface area contributed by atoms with Crippen molar-refractivity contribution in [2.24, 2.45) is 0 Å². The van der Waals surface area contributed by atoms with E-state index in [2.05, 4.69) is 27.7 Å². The Morgan fingerprint density at radius 1 is 1.07 bits per heavy atom. The second-order valence-corrected chi connectivity index (χ2v) is 6.44. The van der Waals surface area contributed by atoms with Gasteiger partial charge >= 0.3 is 6.09 Å². The molecule has 0 bridgehead atoms. The molecule has 0 heterocycles. The molecule has 2 rings (SSSR count).